The number of aryl methyl sites for hydroxylation is 1. The molecule has 0 aliphatic heterocycles. The minimum absolute atomic E-state index is 0.0543. The number of amides is 1. The van der Waals surface area contributed by atoms with E-state index in [-0.39, 0.29) is 24.4 Å². The average molecular weight is 577 g/mol. The van der Waals surface area contributed by atoms with Crippen molar-refractivity contribution in [3.05, 3.63) is 106 Å². The molecule has 0 heterocycles. The van der Waals surface area contributed by atoms with Gasteiger partial charge in [0.1, 0.15) is 17.7 Å². The van der Waals surface area contributed by atoms with Crippen molar-refractivity contribution in [2.75, 3.05) is 19.6 Å². The molecule has 0 aliphatic carbocycles. The largest absolute Gasteiger partial charge is 0.456 e. The van der Waals surface area contributed by atoms with Crippen molar-refractivity contribution >= 4 is 11.9 Å². The maximum absolute atomic E-state index is 13.8. The fraction of sp³-hybridized carbons (Fsp3) is 0.364. The highest BCUT2D eigenvalue weighted by molar-refractivity contribution is 5.98. The number of hydrogen-bond acceptors (Lipinski definition) is 6. The first-order valence-corrected chi connectivity index (χ1v) is 14.2. The van der Waals surface area contributed by atoms with Gasteiger partial charge in [-0.1, -0.05) is 26.0 Å². The van der Waals surface area contributed by atoms with Gasteiger partial charge in [0, 0.05) is 43.9 Å². The molecule has 2 unspecified atom stereocenters. The first kappa shape index (κ1) is 32.4. The minimum atomic E-state index is -0.876. The van der Waals surface area contributed by atoms with Crippen LogP contribution in [0.5, 0.6) is 0 Å². The summed E-state index contributed by atoms with van der Waals surface area (Å²) < 4.78 is 33.5. The van der Waals surface area contributed by atoms with Gasteiger partial charge in [-0.2, -0.15) is 5.26 Å². The molecule has 222 valence electrons. The molecule has 0 aliphatic rings. The molecular formula is C33H38F2N4O3. The highest BCUT2D eigenvalue weighted by Gasteiger charge is 2.25. The molecule has 0 saturated heterocycles. The van der Waals surface area contributed by atoms with E-state index in [0.717, 1.165) is 30.0 Å². The maximum Gasteiger partial charge on any atom is 0.338 e. The number of esters is 1. The van der Waals surface area contributed by atoms with Crippen LogP contribution in [0.2, 0.25) is 0 Å². The third-order valence-corrected chi connectivity index (χ3v) is 6.69. The number of hydrogen-bond donors (Lipinski definition) is 2. The maximum atomic E-state index is 13.8. The summed E-state index contributed by atoms with van der Waals surface area (Å²) in [6, 6.07) is 16.5. The Bertz CT molecular complexity index is 1400. The van der Waals surface area contributed by atoms with Gasteiger partial charge in [0.05, 0.1) is 17.2 Å². The minimum Gasteiger partial charge on any atom is -0.456 e. The Labute approximate surface area is 246 Å². The van der Waals surface area contributed by atoms with Crippen LogP contribution in [0.3, 0.4) is 0 Å². The van der Waals surface area contributed by atoms with Crippen LogP contribution < -0.4 is 11.1 Å². The molecule has 2 atom stereocenters. The van der Waals surface area contributed by atoms with Gasteiger partial charge in [0.15, 0.2) is 0 Å². The second-order valence-corrected chi connectivity index (χ2v) is 10.4. The number of benzene rings is 3. The van der Waals surface area contributed by atoms with Crippen molar-refractivity contribution in [2.45, 2.75) is 58.7 Å². The number of nitrogens with two attached hydrogens (primary N) is 1. The lowest BCUT2D eigenvalue weighted by Gasteiger charge is -2.25. The lowest BCUT2D eigenvalue weighted by atomic mass is 10.0. The van der Waals surface area contributed by atoms with Crippen LogP contribution in [-0.2, 0) is 17.7 Å². The summed E-state index contributed by atoms with van der Waals surface area (Å²) in [6.07, 6.45) is 0.808. The van der Waals surface area contributed by atoms with Crippen LogP contribution in [-0.4, -0.2) is 48.6 Å². The first-order valence-electron chi connectivity index (χ1n) is 14.2. The number of nitrogens with zero attached hydrogens (tertiary/aromatic N) is 2. The zero-order chi connectivity index (χ0) is 30.6. The van der Waals surface area contributed by atoms with E-state index in [4.69, 9.17) is 10.5 Å². The van der Waals surface area contributed by atoms with Crippen LogP contribution >= 0.6 is 0 Å². The van der Waals surface area contributed by atoms with Crippen molar-refractivity contribution in [3.63, 3.8) is 0 Å². The Kier molecular flexibility index (Phi) is 12.1. The van der Waals surface area contributed by atoms with Gasteiger partial charge in [-0.25, -0.2) is 13.6 Å². The molecule has 3 rings (SSSR count). The van der Waals surface area contributed by atoms with Gasteiger partial charge in [0.25, 0.3) is 5.91 Å². The van der Waals surface area contributed by atoms with Crippen LogP contribution in [0, 0.1) is 29.9 Å². The molecule has 7 nitrogen and oxygen atoms in total. The summed E-state index contributed by atoms with van der Waals surface area (Å²) in [5, 5.41) is 12.4. The van der Waals surface area contributed by atoms with Gasteiger partial charge in [-0.15, -0.1) is 0 Å². The molecule has 0 aromatic heterocycles. The number of halogens is 2. The number of carbonyl (C=O) groups excluding carboxylic acids is 2. The zero-order valence-electron chi connectivity index (χ0n) is 24.3. The Morgan fingerprint density at radius 3 is 2.29 bits per heavy atom. The van der Waals surface area contributed by atoms with Crippen molar-refractivity contribution in [1.82, 2.24) is 10.2 Å². The van der Waals surface area contributed by atoms with Crippen molar-refractivity contribution in [3.8, 4) is 6.07 Å². The standard InChI is InChI=1S/C33H38F2N4O3/c1-4-9-39(10-5-2)32(40)26-11-22(3)12-27(17-26)33(41)42-31(21-38-20-24-8-6-7-23(13-24)19-36)30(37)16-25-14-28(34)18-29(35)15-25/h6-8,11-15,17-18,30-31,38H,4-5,9-10,16,20-21,37H2,1-3H3. The number of nitrogens with one attached hydrogen (secondary N) is 1. The highest BCUT2D eigenvalue weighted by Crippen LogP contribution is 2.17. The van der Waals surface area contributed by atoms with E-state index < -0.39 is 29.7 Å². The normalized spacial score (nSPS) is 12.3. The predicted molar refractivity (Wildman–Crippen MR) is 158 cm³/mol. The summed E-state index contributed by atoms with van der Waals surface area (Å²) in [7, 11) is 0. The third kappa shape index (κ3) is 9.47. The fourth-order valence-electron chi connectivity index (χ4n) is 4.79. The van der Waals surface area contributed by atoms with Crippen LogP contribution in [0.15, 0.2) is 60.7 Å². The Morgan fingerprint density at radius 1 is 0.976 bits per heavy atom. The summed E-state index contributed by atoms with van der Waals surface area (Å²) in [4.78, 5) is 28.4. The molecule has 0 fully saturated rings. The van der Waals surface area contributed by atoms with E-state index in [1.165, 1.54) is 18.2 Å². The van der Waals surface area contributed by atoms with Crippen LogP contribution in [0.4, 0.5) is 8.78 Å². The van der Waals surface area contributed by atoms with E-state index >= 15 is 0 Å². The van der Waals surface area contributed by atoms with Gasteiger partial charge in [0.2, 0.25) is 0 Å². The van der Waals surface area contributed by atoms with Gasteiger partial charge >= 0.3 is 5.97 Å². The smallest absolute Gasteiger partial charge is 0.338 e. The lowest BCUT2D eigenvalue weighted by molar-refractivity contribution is 0.0238. The van der Waals surface area contributed by atoms with E-state index in [0.29, 0.717) is 36.3 Å². The summed E-state index contributed by atoms with van der Waals surface area (Å²) >= 11 is 0. The van der Waals surface area contributed by atoms with E-state index in [1.54, 1.807) is 42.2 Å². The molecule has 0 radical (unpaired) electrons. The Balaban J connectivity index is 1.82. The second kappa shape index (κ2) is 15.8. The molecule has 0 spiro atoms. The Hall–Kier alpha value is -4.13. The SMILES string of the molecule is CCCN(CCC)C(=O)c1cc(C)cc(C(=O)OC(CNCc2cccc(C#N)c2)C(N)Cc2cc(F)cc(F)c2)c1. The topological polar surface area (TPSA) is 108 Å². The van der Waals surface area contributed by atoms with E-state index in [1.807, 2.05) is 19.9 Å². The quantitative estimate of drug-likeness (QED) is 0.253. The summed E-state index contributed by atoms with van der Waals surface area (Å²) in [5.74, 6) is -2.26. The number of carbonyl (C=O) groups is 2. The summed E-state index contributed by atoms with van der Waals surface area (Å²) in [5.41, 5.74) is 9.49. The highest BCUT2D eigenvalue weighted by atomic mass is 19.1. The molecule has 3 aromatic carbocycles. The molecule has 0 saturated carbocycles. The average Bonchev–Trinajstić information content (AvgIpc) is 2.95. The number of rotatable bonds is 14. The number of nitriles is 1. The Morgan fingerprint density at radius 2 is 1.64 bits per heavy atom. The lowest BCUT2D eigenvalue weighted by Crippen LogP contribution is -2.46. The third-order valence-electron chi connectivity index (χ3n) is 6.69. The zero-order valence-corrected chi connectivity index (χ0v) is 24.3. The second-order valence-electron chi connectivity index (χ2n) is 10.4. The van der Waals surface area contributed by atoms with Crippen molar-refractivity contribution in [1.29, 1.82) is 5.26 Å². The molecule has 0 bridgehead atoms. The fourth-order valence-corrected chi connectivity index (χ4v) is 4.79. The van der Waals surface area contributed by atoms with E-state index in [9.17, 15) is 23.6 Å². The van der Waals surface area contributed by atoms with Crippen molar-refractivity contribution < 1.29 is 23.1 Å². The van der Waals surface area contributed by atoms with E-state index in [2.05, 4.69) is 11.4 Å². The molecule has 42 heavy (non-hydrogen) atoms. The first-order chi connectivity index (χ1) is 20.1. The molecule has 1 amide bonds. The number of ether oxygens (including phenoxy) is 1. The molecule has 9 heteroatoms. The van der Waals surface area contributed by atoms with Gasteiger partial charge in [-0.05, 0) is 85.3 Å². The van der Waals surface area contributed by atoms with Crippen molar-refractivity contribution in [2.24, 2.45) is 5.73 Å². The summed E-state index contributed by atoms with van der Waals surface area (Å²) in [6.45, 7) is 7.55. The predicted octanol–water partition coefficient (Wildman–Crippen LogP) is 5.29. The van der Waals surface area contributed by atoms with Crippen LogP contribution in [0.1, 0.15) is 69.7 Å². The molecule has 3 N–H and O–H groups in total. The van der Waals surface area contributed by atoms with Gasteiger partial charge in [-0.3, -0.25) is 4.79 Å². The molecular weight excluding hydrogens is 538 g/mol. The molecule has 3 aromatic rings. The monoisotopic (exact) mass is 576 g/mol. The van der Waals surface area contributed by atoms with Crippen LogP contribution in [0.25, 0.3) is 0 Å². The van der Waals surface area contributed by atoms with Gasteiger partial charge < -0.3 is 20.7 Å².